The summed E-state index contributed by atoms with van der Waals surface area (Å²) in [5, 5.41) is 18.2. The van der Waals surface area contributed by atoms with Crippen LogP contribution in [0.25, 0.3) is 0 Å². The van der Waals surface area contributed by atoms with E-state index < -0.39 is 12.6 Å². The van der Waals surface area contributed by atoms with E-state index in [1.807, 2.05) is 0 Å². The molecule has 0 saturated carbocycles. The van der Waals surface area contributed by atoms with E-state index in [1.54, 1.807) is 0 Å². The molecule has 7 heteroatoms. The topological polar surface area (TPSA) is 88.3 Å². The fraction of sp³-hybridized carbons (Fsp3) is 0.100. The molecule has 0 spiro atoms. The van der Waals surface area contributed by atoms with Gasteiger partial charge in [-0.15, -0.1) is 5.10 Å². The molecule has 0 atom stereocenters. The molecule has 0 aliphatic carbocycles. The Morgan fingerprint density at radius 1 is 1.47 bits per heavy atom. The van der Waals surface area contributed by atoms with Gasteiger partial charge >= 0.3 is 6.01 Å². The monoisotopic (exact) mass is 237 g/mol. The lowest BCUT2D eigenvalue weighted by Gasteiger charge is -2.00. The summed E-state index contributed by atoms with van der Waals surface area (Å²) in [5.74, 6) is -0.779. The predicted octanol–water partition coefficient (Wildman–Crippen LogP) is 1.50. The Kier molecular flexibility index (Phi) is 2.99. The Labute approximate surface area is 95.1 Å². The highest BCUT2D eigenvalue weighted by Gasteiger charge is 2.11. The number of hydrogen-bond acceptors (Lipinski definition) is 5. The van der Waals surface area contributed by atoms with Gasteiger partial charge in [-0.3, -0.25) is 10.1 Å². The third kappa shape index (κ3) is 2.57. The van der Waals surface area contributed by atoms with E-state index in [2.05, 4.69) is 15.5 Å². The summed E-state index contributed by atoms with van der Waals surface area (Å²) in [6, 6.07) is 5.55. The molecule has 0 saturated heterocycles. The van der Waals surface area contributed by atoms with Crippen molar-refractivity contribution < 1.29 is 18.7 Å². The van der Waals surface area contributed by atoms with Gasteiger partial charge in [0.05, 0.1) is 0 Å². The lowest BCUT2D eigenvalue weighted by atomic mass is 10.2. The summed E-state index contributed by atoms with van der Waals surface area (Å²) in [6.45, 7) is -0.894. The van der Waals surface area contributed by atoms with Crippen LogP contribution in [0.5, 0.6) is 5.75 Å². The zero-order valence-electron chi connectivity index (χ0n) is 8.55. The molecule has 1 amide bonds. The SMILES string of the molecule is O=C(Nc1nnc(CF)o1)c1cccc(O)c1. The van der Waals surface area contributed by atoms with Gasteiger partial charge in [0.25, 0.3) is 5.91 Å². The van der Waals surface area contributed by atoms with Crippen molar-refractivity contribution in [1.82, 2.24) is 10.2 Å². The molecule has 1 aromatic heterocycles. The standard InChI is InChI=1S/C10H8FN3O3/c11-5-8-13-14-10(17-8)12-9(16)6-2-1-3-7(15)4-6/h1-4,15H,5H2,(H,12,14,16). The van der Waals surface area contributed by atoms with Gasteiger partial charge in [0.1, 0.15) is 5.75 Å². The first kappa shape index (κ1) is 11.1. The van der Waals surface area contributed by atoms with Crippen LogP contribution in [-0.2, 0) is 6.67 Å². The number of carbonyl (C=O) groups is 1. The number of benzene rings is 1. The van der Waals surface area contributed by atoms with Crippen molar-refractivity contribution in [2.75, 3.05) is 5.32 Å². The molecule has 0 aliphatic rings. The highest BCUT2D eigenvalue weighted by atomic mass is 19.1. The summed E-state index contributed by atoms with van der Waals surface area (Å²) in [7, 11) is 0. The van der Waals surface area contributed by atoms with Crippen molar-refractivity contribution in [1.29, 1.82) is 0 Å². The minimum Gasteiger partial charge on any atom is -0.508 e. The molecule has 0 bridgehead atoms. The summed E-state index contributed by atoms with van der Waals surface area (Å²) in [4.78, 5) is 11.6. The van der Waals surface area contributed by atoms with Crippen molar-refractivity contribution in [3.8, 4) is 5.75 Å². The van der Waals surface area contributed by atoms with Crippen LogP contribution in [-0.4, -0.2) is 21.2 Å². The number of alkyl halides is 1. The summed E-state index contributed by atoms with van der Waals surface area (Å²) in [6.07, 6.45) is 0. The summed E-state index contributed by atoms with van der Waals surface area (Å²) >= 11 is 0. The van der Waals surface area contributed by atoms with Crippen LogP contribution in [0.15, 0.2) is 28.7 Å². The van der Waals surface area contributed by atoms with Crippen molar-refractivity contribution in [3.05, 3.63) is 35.7 Å². The van der Waals surface area contributed by atoms with Crippen LogP contribution in [0, 0.1) is 0 Å². The zero-order chi connectivity index (χ0) is 12.3. The van der Waals surface area contributed by atoms with Crippen LogP contribution >= 0.6 is 0 Å². The van der Waals surface area contributed by atoms with Crippen LogP contribution < -0.4 is 5.32 Å². The fourth-order valence-electron chi connectivity index (χ4n) is 1.17. The Morgan fingerprint density at radius 2 is 2.29 bits per heavy atom. The average molecular weight is 237 g/mol. The van der Waals surface area contributed by atoms with E-state index >= 15 is 0 Å². The Balaban J connectivity index is 2.11. The summed E-state index contributed by atoms with van der Waals surface area (Å²) in [5.41, 5.74) is 0.227. The lowest BCUT2D eigenvalue weighted by Crippen LogP contribution is -2.11. The highest BCUT2D eigenvalue weighted by molar-refractivity contribution is 6.03. The number of hydrogen-bond donors (Lipinski definition) is 2. The number of halogens is 1. The normalized spacial score (nSPS) is 10.2. The minimum atomic E-state index is -0.894. The molecule has 1 heterocycles. The second kappa shape index (κ2) is 4.60. The number of phenolic OH excluding ortho intramolecular Hbond substituents is 1. The Morgan fingerprint density at radius 3 is 2.94 bits per heavy atom. The lowest BCUT2D eigenvalue weighted by molar-refractivity contribution is 0.102. The van der Waals surface area contributed by atoms with E-state index in [9.17, 15) is 14.3 Å². The maximum absolute atomic E-state index is 12.1. The molecule has 0 fully saturated rings. The van der Waals surface area contributed by atoms with Gasteiger partial charge < -0.3 is 9.52 Å². The number of aromatic hydroxyl groups is 1. The van der Waals surface area contributed by atoms with Gasteiger partial charge in [-0.1, -0.05) is 11.2 Å². The number of amides is 1. The van der Waals surface area contributed by atoms with Crippen molar-refractivity contribution in [2.24, 2.45) is 0 Å². The molecule has 6 nitrogen and oxygen atoms in total. The molecule has 1 aromatic carbocycles. The molecule has 2 N–H and O–H groups in total. The first-order valence-electron chi connectivity index (χ1n) is 4.68. The highest BCUT2D eigenvalue weighted by Crippen LogP contribution is 2.13. The zero-order valence-corrected chi connectivity index (χ0v) is 8.55. The number of rotatable bonds is 3. The van der Waals surface area contributed by atoms with E-state index in [-0.39, 0.29) is 23.2 Å². The fourth-order valence-corrected chi connectivity index (χ4v) is 1.17. The van der Waals surface area contributed by atoms with Crippen LogP contribution in [0.2, 0.25) is 0 Å². The minimum absolute atomic E-state index is 0.0346. The van der Waals surface area contributed by atoms with Gasteiger partial charge in [-0.25, -0.2) is 4.39 Å². The third-order valence-electron chi connectivity index (χ3n) is 1.91. The molecular weight excluding hydrogens is 229 g/mol. The van der Waals surface area contributed by atoms with Gasteiger partial charge in [0.2, 0.25) is 5.89 Å². The number of nitrogens with one attached hydrogen (secondary N) is 1. The summed E-state index contributed by atoms with van der Waals surface area (Å²) < 4.78 is 16.9. The van der Waals surface area contributed by atoms with Crippen molar-refractivity contribution in [3.63, 3.8) is 0 Å². The van der Waals surface area contributed by atoms with Gasteiger partial charge in [0.15, 0.2) is 6.67 Å². The van der Waals surface area contributed by atoms with E-state index in [0.29, 0.717) is 0 Å². The van der Waals surface area contributed by atoms with Crippen LogP contribution in [0.1, 0.15) is 16.2 Å². The van der Waals surface area contributed by atoms with Gasteiger partial charge in [-0.05, 0) is 18.2 Å². The Hall–Kier alpha value is -2.44. The number of anilines is 1. The first-order valence-corrected chi connectivity index (χ1v) is 4.68. The van der Waals surface area contributed by atoms with E-state index in [4.69, 9.17) is 4.42 Å². The number of carbonyl (C=O) groups excluding carboxylic acids is 1. The molecule has 2 rings (SSSR count). The van der Waals surface area contributed by atoms with Crippen LogP contribution in [0.3, 0.4) is 0 Å². The smallest absolute Gasteiger partial charge is 0.322 e. The number of nitrogens with zero attached hydrogens (tertiary/aromatic N) is 2. The number of phenols is 1. The Bertz CT molecular complexity index is 541. The van der Waals surface area contributed by atoms with Crippen molar-refractivity contribution in [2.45, 2.75) is 6.67 Å². The second-order valence-electron chi connectivity index (χ2n) is 3.14. The quantitative estimate of drug-likeness (QED) is 0.844. The second-order valence-corrected chi connectivity index (χ2v) is 3.14. The molecule has 0 unspecified atom stereocenters. The third-order valence-corrected chi connectivity index (χ3v) is 1.91. The molecule has 0 radical (unpaired) electrons. The predicted molar refractivity (Wildman–Crippen MR) is 55.2 cm³/mol. The van der Waals surface area contributed by atoms with Gasteiger partial charge in [-0.2, -0.15) is 0 Å². The van der Waals surface area contributed by atoms with Gasteiger partial charge in [0, 0.05) is 5.56 Å². The largest absolute Gasteiger partial charge is 0.508 e. The van der Waals surface area contributed by atoms with Crippen LogP contribution in [0.4, 0.5) is 10.4 Å². The maximum atomic E-state index is 12.1. The molecule has 88 valence electrons. The first-order chi connectivity index (χ1) is 8.19. The number of aromatic nitrogens is 2. The molecule has 17 heavy (non-hydrogen) atoms. The van der Waals surface area contributed by atoms with E-state index in [1.165, 1.54) is 24.3 Å². The van der Waals surface area contributed by atoms with Crippen molar-refractivity contribution >= 4 is 11.9 Å². The molecular formula is C10H8FN3O3. The average Bonchev–Trinajstić information content (AvgIpc) is 2.77. The molecule has 2 aromatic rings. The van der Waals surface area contributed by atoms with E-state index in [0.717, 1.165) is 0 Å². The maximum Gasteiger partial charge on any atom is 0.322 e. The molecule has 0 aliphatic heterocycles.